The van der Waals surface area contributed by atoms with E-state index in [2.05, 4.69) is 21.4 Å². The number of hydrogen-bond acceptors (Lipinski definition) is 5. The van der Waals surface area contributed by atoms with Crippen LogP contribution in [0.5, 0.6) is 0 Å². The van der Waals surface area contributed by atoms with E-state index < -0.39 is 11.7 Å². The van der Waals surface area contributed by atoms with Crippen molar-refractivity contribution in [2.75, 3.05) is 13.1 Å². The smallest absolute Gasteiger partial charge is 0.426 e. The number of halogens is 1. The van der Waals surface area contributed by atoms with E-state index in [9.17, 15) is 9.59 Å². The molecule has 0 saturated carbocycles. The molecule has 0 atom stereocenters. The number of nitrogens with two attached hydrogens (primary N) is 1. The summed E-state index contributed by atoms with van der Waals surface area (Å²) in [5.41, 5.74) is 7.44. The molecule has 4 N–H and O–H groups in total. The van der Waals surface area contributed by atoms with Gasteiger partial charge < -0.3 is 15.4 Å². The van der Waals surface area contributed by atoms with Gasteiger partial charge in [0, 0.05) is 26.2 Å². The molecule has 1 aliphatic rings. The predicted octanol–water partition coefficient (Wildman–Crippen LogP) is 1.91. The van der Waals surface area contributed by atoms with Crippen LogP contribution in [0.25, 0.3) is 0 Å². The van der Waals surface area contributed by atoms with E-state index in [0.717, 1.165) is 0 Å². The fourth-order valence-electron chi connectivity index (χ4n) is 2.36. The van der Waals surface area contributed by atoms with Crippen LogP contribution in [0.1, 0.15) is 40.5 Å². The monoisotopic (exact) mass is 403 g/mol. The fraction of sp³-hybridized carbons (Fsp3) is 0.667. The van der Waals surface area contributed by atoms with Gasteiger partial charge in [-0.1, -0.05) is 0 Å². The SMILES string of the molecule is CC(=O)N1CCC(N(NC(=O)OC(C)(C)C)C(=N)C(Br)=CN)CC1. The minimum absolute atomic E-state index is 0.0261. The number of likely N-dealkylation sites (tertiary alicyclic amines) is 1. The van der Waals surface area contributed by atoms with E-state index >= 15 is 0 Å². The zero-order valence-electron chi connectivity index (χ0n) is 14.6. The Balaban J connectivity index is 2.85. The second kappa shape index (κ2) is 8.36. The van der Waals surface area contributed by atoms with Crippen molar-refractivity contribution in [2.24, 2.45) is 5.73 Å². The first-order valence-corrected chi connectivity index (χ1v) is 8.55. The lowest BCUT2D eigenvalue weighted by atomic mass is 10.0. The molecule has 1 fully saturated rings. The third kappa shape index (κ3) is 6.03. The molecule has 9 heteroatoms. The van der Waals surface area contributed by atoms with Crippen molar-refractivity contribution in [2.45, 2.75) is 52.2 Å². The van der Waals surface area contributed by atoms with Crippen LogP contribution in [0, 0.1) is 5.41 Å². The molecule has 0 unspecified atom stereocenters. The molecule has 1 aliphatic heterocycles. The van der Waals surface area contributed by atoms with E-state index in [-0.39, 0.29) is 17.8 Å². The van der Waals surface area contributed by atoms with Crippen LogP contribution in [-0.2, 0) is 9.53 Å². The number of carbonyl (C=O) groups is 2. The number of nitrogens with one attached hydrogen (secondary N) is 2. The number of hydrazine groups is 1. The minimum Gasteiger partial charge on any atom is -0.443 e. The summed E-state index contributed by atoms with van der Waals surface area (Å²) in [6.45, 7) is 7.98. The van der Waals surface area contributed by atoms with Crippen molar-refractivity contribution in [3.63, 3.8) is 0 Å². The summed E-state index contributed by atoms with van der Waals surface area (Å²) < 4.78 is 5.62. The molecule has 0 aliphatic carbocycles. The summed E-state index contributed by atoms with van der Waals surface area (Å²) >= 11 is 3.21. The molecule has 24 heavy (non-hydrogen) atoms. The zero-order valence-corrected chi connectivity index (χ0v) is 16.1. The van der Waals surface area contributed by atoms with Crippen molar-refractivity contribution >= 4 is 33.8 Å². The highest BCUT2D eigenvalue weighted by atomic mass is 79.9. The van der Waals surface area contributed by atoms with Gasteiger partial charge in [-0.2, -0.15) is 0 Å². The Morgan fingerprint density at radius 2 is 1.92 bits per heavy atom. The Hall–Kier alpha value is -1.77. The van der Waals surface area contributed by atoms with E-state index in [1.54, 1.807) is 25.7 Å². The molecule has 8 nitrogen and oxygen atoms in total. The summed E-state index contributed by atoms with van der Waals surface area (Å²) in [7, 11) is 0. The predicted molar refractivity (Wildman–Crippen MR) is 95.4 cm³/mol. The Kier molecular flexibility index (Phi) is 7.07. The molecular weight excluding hydrogens is 378 g/mol. The van der Waals surface area contributed by atoms with Crippen molar-refractivity contribution in [3.05, 3.63) is 10.7 Å². The Morgan fingerprint density at radius 3 is 2.33 bits per heavy atom. The number of ether oxygens (including phenoxy) is 1. The first-order valence-electron chi connectivity index (χ1n) is 7.76. The normalized spacial score (nSPS) is 16.5. The second-order valence-corrected chi connectivity index (χ2v) is 7.44. The molecule has 1 saturated heterocycles. The lowest BCUT2D eigenvalue weighted by Crippen LogP contribution is -2.56. The van der Waals surface area contributed by atoms with Gasteiger partial charge in [-0.15, -0.1) is 0 Å². The van der Waals surface area contributed by atoms with Crippen molar-refractivity contribution in [3.8, 4) is 0 Å². The molecular formula is C15H26BrN5O3. The summed E-state index contributed by atoms with van der Waals surface area (Å²) in [6.07, 6.45) is 1.86. The number of rotatable bonds is 2. The van der Waals surface area contributed by atoms with Gasteiger partial charge in [0.1, 0.15) is 5.60 Å². The summed E-state index contributed by atoms with van der Waals surface area (Å²) in [4.78, 5) is 25.3. The molecule has 136 valence electrons. The minimum atomic E-state index is -0.642. The maximum absolute atomic E-state index is 12.1. The highest BCUT2D eigenvalue weighted by Crippen LogP contribution is 2.19. The summed E-state index contributed by atoms with van der Waals surface area (Å²) in [6, 6.07) is -0.131. The van der Waals surface area contributed by atoms with Crippen LogP contribution in [0.15, 0.2) is 10.7 Å². The van der Waals surface area contributed by atoms with Gasteiger partial charge in [0.15, 0.2) is 5.84 Å². The number of piperidine rings is 1. The first kappa shape index (κ1) is 20.3. The number of hydrogen-bond donors (Lipinski definition) is 3. The second-order valence-electron chi connectivity index (χ2n) is 6.58. The van der Waals surface area contributed by atoms with Crippen LogP contribution < -0.4 is 11.2 Å². The van der Waals surface area contributed by atoms with Gasteiger partial charge in [0.05, 0.1) is 10.5 Å². The van der Waals surface area contributed by atoms with Gasteiger partial charge in [0.2, 0.25) is 5.91 Å². The third-order valence-corrected chi connectivity index (χ3v) is 4.14. The lowest BCUT2D eigenvalue weighted by Gasteiger charge is -2.39. The van der Waals surface area contributed by atoms with Crippen LogP contribution >= 0.6 is 15.9 Å². The molecule has 0 aromatic heterocycles. The average Bonchev–Trinajstić information content (AvgIpc) is 2.49. The van der Waals surface area contributed by atoms with Crippen LogP contribution in [0.2, 0.25) is 0 Å². The number of nitrogens with zero attached hydrogens (tertiary/aromatic N) is 2. The average molecular weight is 404 g/mol. The first-order chi connectivity index (χ1) is 11.0. The standard InChI is InChI=1S/C15H26BrN5O3/c1-10(22)20-7-5-11(6-8-20)21(13(18)12(16)9-17)19-14(23)24-15(2,3)4/h9,11,18H,5-8,17H2,1-4H3,(H,19,23). The van der Waals surface area contributed by atoms with Crippen molar-refractivity contribution in [1.29, 1.82) is 5.41 Å². The highest BCUT2D eigenvalue weighted by Gasteiger charge is 2.30. The Morgan fingerprint density at radius 1 is 1.38 bits per heavy atom. The van der Waals surface area contributed by atoms with Gasteiger partial charge in [-0.3, -0.25) is 15.2 Å². The molecule has 1 rings (SSSR count). The van der Waals surface area contributed by atoms with Crippen molar-refractivity contribution < 1.29 is 14.3 Å². The Labute approximate surface area is 151 Å². The maximum Gasteiger partial charge on any atom is 0.426 e. The highest BCUT2D eigenvalue weighted by molar-refractivity contribution is 9.12. The zero-order chi connectivity index (χ0) is 18.5. The Bertz CT molecular complexity index is 522. The third-order valence-electron chi connectivity index (χ3n) is 3.50. The maximum atomic E-state index is 12.1. The van der Waals surface area contributed by atoms with E-state index in [1.807, 2.05) is 0 Å². The summed E-state index contributed by atoms with van der Waals surface area (Å²) in [5.74, 6) is 0.0582. The molecule has 0 radical (unpaired) electrons. The van der Waals surface area contributed by atoms with Crippen LogP contribution in [-0.4, -0.2) is 52.5 Å². The number of amides is 2. The number of amidine groups is 1. The fourth-order valence-corrected chi connectivity index (χ4v) is 2.55. The molecule has 0 bridgehead atoms. The molecule has 2 amide bonds. The molecule has 0 aromatic carbocycles. The quantitative estimate of drug-likeness (QED) is 0.370. The van der Waals surface area contributed by atoms with Gasteiger partial charge >= 0.3 is 6.09 Å². The van der Waals surface area contributed by atoms with Gasteiger partial charge in [0.25, 0.3) is 0 Å². The molecule has 1 heterocycles. The summed E-state index contributed by atoms with van der Waals surface area (Å²) in [5, 5.41) is 9.67. The molecule has 0 spiro atoms. The molecule has 0 aromatic rings. The lowest BCUT2D eigenvalue weighted by molar-refractivity contribution is -0.130. The van der Waals surface area contributed by atoms with Gasteiger partial charge in [-0.25, -0.2) is 10.2 Å². The van der Waals surface area contributed by atoms with Crippen LogP contribution in [0.4, 0.5) is 4.79 Å². The number of carbonyl (C=O) groups excluding carboxylic acids is 2. The van der Waals surface area contributed by atoms with E-state index in [0.29, 0.717) is 30.4 Å². The van der Waals surface area contributed by atoms with Crippen LogP contribution in [0.3, 0.4) is 0 Å². The van der Waals surface area contributed by atoms with Gasteiger partial charge in [-0.05, 0) is 49.5 Å². The van der Waals surface area contributed by atoms with E-state index in [4.69, 9.17) is 15.9 Å². The van der Waals surface area contributed by atoms with E-state index in [1.165, 1.54) is 18.1 Å². The van der Waals surface area contributed by atoms with Crippen molar-refractivity contribution in [1.82, 2.24) is 15.3 Å². The topological polar surface area (TPSA) is 112 Å². The largest absolute Gasteiger partial charge is 0.443 e.